The van der Waals surface area contributed by atoms with E-state index in [9.17, 15) is 9.18 Å². The van der Waals surface area contributed by atoms with E-state index >= 15 is 0 Å². The molecule has 104 valence electrons. The molecule has 0 saturated carbocycles. The molecule has 1 aliphatic heterocycles. The lowest BCUT2D eigenvalue weighted by Crippen LogP contribution is -2.48. The van der Waals surface area contributed by atoms with E-state index in [-0.39, 0.29) is 17.5 Å². The molecule has 1 aliphatic rings. The van der Waals surface area contributed by atoms with E-state index < -0.39 is 5.82 Å². The SMILES string of the molecule is COc1ccc(F)cc1C(=O)NC1CCNCC1C. The first kappa shape index (κ1) is 13.8. The second-order valence-corrected chi connectivity index (χ2v) is 4.89. The normalized spacial score (nSPS) is 22.9. The van der Waals surface area contributed by atoms with Crippen LogP contribution in [0.1, 0.15) is 23.7 Å². The lowest BCUT2D eigenvalue weighted by molar-refractivity contribution is 0.0910. The average molecular weight is 266 g/mol. The van der Waals surface area contributed by atoms with Gasteiger partial charge in [0, 0.05) is 6.04 Å². The molecule has 4 nitrogen and oxygen atoms in total. The molecule has 0 aromatic heterocycles. The summed E-state index contributed by atoms with van der Waals surface area (Å²) in [4.78, 5) is 12.2. The number of ether oxygens (including phenoxy) is 1. The van der Waals surface area contributed by atoms with Gasteiger partial charge in [0.25, 0.3) is 5.91 Å². The summed E-state index contributed by atoms with van der Waals surface area (Å²) in [5.74, 6) is 0.0251. The summed E-state index contributed by atoms with van der Waals surface area (Å²) in [5.41, 5.74) is 0.244. The minimum absolute atomic E-state index is 0.113. The number of carbonyl (C=O) groups excluding carboxylic acids is 1. The number of carbonyl (C=O) groups is 1. The van der Waals surface area contributed by atoms with E-state index in [0.29, 0.717) is 11.7 Å². The summed E-state index contributed by atoms with van der Waals surface area (Å²) in [6.45, 7) is 3.85. The van der Waals surface area contributed by atoms with Crippen LogP contribution >= 0.6 is 0 Å². The van der Waals surface area contributed by atoms with Gasteiger partial charge in [-0.25, -0.2) is 4.39 Å². The number of hydrogen-bond donors (Lipinski definition) is 2. The number of amides is 1. The number of piperidine rings is 1. The first-order valence-corrected chi connectivity index (χ1v) is 6.47. The fourth-order valence-electron chi connectivity index (χ4n) is 2.33. The fraction of sp³-hybridized carbons (Fsp3) is 0.500. The average Bonchev–Trinajstić information content (AvgIpc) is 2.41. The van der Waals surface area contributed by atoms with Gasteiger partial charge in [-0.05, 0) is 43.6 Å². The van der Waals surface area contributed by atoms with Gasteiger partial charge in [-0.15, -0.1) is 0 Å². The van der Waals surface area contributed by atoms with Crippen LogP contribution in [0.3, 0.4) is 0 Å². The van der Waals surface area contributed by atoms with E-state index in [0.717, 1.165) is 19.5 Å². The molecule has 1 fully saturated rings. The van der Waals surface area contributed by atoms with Crippen LogP contribution in [0.4, 0.5) is 4.39 Å². The van der Waals surface area contributed by atoms with E-state index in [1.54, 1.807) is 0 Å². The van der Waals surface area contributed by atoms with Crippen LogP contribution in [0.2, 0.25) is 0 Å². The van der Waals surface area contributed by atoms with Crippen molar-refractivity contribution in [3.8, 4) is 5.75 Å². The van der Waals surface area contributed by atoms with Crippen LogP contribution in [0, 0.1) is 11.7 Å². The molecule has 0 spiro atoms. The first-order valence-electron chi connectivity index (χ1n) is 6.47. The second-order valence-electron chi connectivity index (χ2n) is 4.89. The Balaban J connectivity index is 2.13. The third-order valence-electron chi connectivity index (χ3n) is 3.51. The van der Waals surface area contributed by atoms with Gasteiger partial charge in [-0.1, -0.05) is 6.92 Å². The van der Waals surface area contributed by atoms with Gasteiger partial charge < -0.3 is 15.4 Å². The van der Waals surface area contributed by atoms with Crippen molar-refractivity contribution in [2.75, 3.05) is 20.2 Å². The first-order chi connectivity index (χ1) is 9.11. The minimum atomic E-state index is -0.440. The maximum absolute atomic E-state index is 13.3. The van der Waals surface area contributed by atoms with Gasteiger partial charge >= 0.3 is 0 Å². The number of nitrogens with one attached hydrogen (secondary N) is 2. The summed E-state index contributed by atoms with van der Waals surface area (Å²) in [6.07, 6.45) is 0.880. The lowest BCUT2D eigenvalue weighted by Gasteiger charge is -2.30. The Morgan fingerprint density at radius 2 is 2.32 bits per heavy atom. The zero-order valence-corrected chi connectivity index (χ0v) is 11.2. The van der Waals surface area contributed by atoms with E-state index in [1.165, 1.54) is 25.3 Å². The molecule has 1 aromatic carbocycles. The molecule has 2 atom stereocenters. The van der Waals surface area contributed by atoms with Crippen molar-refractivity contribution in [1.29, 1.82) is 0 Å². The second kappa shape index (κ2) is 6.02. The number of hydrogen-bond acceptors (Lipinski definition) is 3. The summed E-state index contributed by atoms with van der Waals surface area (Å²) < 4.78 is 18.4. The smallest absolute Gasteiger partial charge is 0.255 e. The number of halogens is 1. The van der Waals surface area contributed by atoms with Gasteiger partial charge in [-0.3, -0.25) is 4.79 Å². The predicted octanol–water partition coefficient (Wildman–Crippen LogP) is 1.56. The van der Waals surface area contributed by atoms with E-state index in [2.05, 4.69) is 17.6 Å². The molecule has 19 heavy (non-hydrogen) atoms. The van der Waals surface area contributed by atoms with Crippen LogP contribution in [-0.4, -0.2) is 32.1 Å². The minimum Gasteiger partial charge on any atom is -0.496 e. The Kier molecular flexibility index (Phi) is 4.37. The molecule has 2 rings (SSSR count). The lowest BCUT2D eigenvalue weighted by atomic mass is 9.95. The monoisotopic (exact) mass is 266 g/mol. The van der Waals surface area contributed by atoms with Crippen molar-refractivity contribution in [1.82, 2.24) is 10.6 Å². The topological polar surface area (TPSA) is 50.4 Å². The molecule has 1 aromatic rings. The van der Waals surface area contributed by atoms with Crippen molar-refractivity contribution < 1.29 is 13.9 Å². The fourth-order valence-corrected chi connectivity index (χ4v) is 2.33. The predicted molar refractivity (Wildman–Crippen MR) is 70.9 cm³/mol. The maximum atomic E-state index is 13.3. The van der Waals surface area contributed by atoms with Crippen LogP contribution < -0.4 is 15.4 Å². The Morgan fingerprint density at radius 1 is 1.53 bits per heavy atom. The molecule has 0 aliphatic carbocycles. The van der Waals surface area contributed by atoms with Crippen molar-refractivity contribution in [2.24, 2.45) is 5.92 Å². The molecule has 0 radical (unpaired) electrons. The molecule has 1 amide bonds. The number of methoxy groups -OCH3 is 1. The van der Waals surface area contributed by atoms with Crippen LogP contribution in [-0.2, 0) is 0 Å². The third kappa shape index (κ3) is 3.23. The molecule has 2 N–H and O–H groups in total. The number of rotatable bonds is 3. The van der Waals surface area contributed by atoms with Crippen LogP contribution in [0.25, 0.3) is 0 Å². The molecular formula is C14H19FN2O2. The molecular weight excluding hydrogens is 247 g/mol. The van der Waals surface area contributed by atoms with Gasteiger partial charge in [0.05, 0.1) is 12.7 Å². The van der Waals surface area contributed by atoms with Gasteiger partial charge in [0.2, 0.25) is 0 Å². The summed E-state index contributed by atoms with van der Waals surface area (Å²) >= 11 is 0. The molecule has 1 heterocycles. The summed E-state index contributed by atoms with van der Waals surface area (Å²) in [6, 6.07) is 4.07. The Morgan fingerprint density at radius 3 is 3.00 bits per heavy atom. The highest BCUT2D eigenvalue weighted by Gasteiger charge is 2.24. The quantitative estimate of drug-likeness (QED) is 0.873. The van der Waals surface area contributed by atoms with Crippen molar-refractivity contribution in [3.63, 3.8) is 0 Å². The van der Waals surface area contributed by atoms with Crippen LogP contribution in [0.5, 0.6) is 5.75 Å². The van der Waals surface area contributed by atoms with Crippen molar-refractivity contribution in [2.45, 2.75) is 19.4 Å². The van der Waals surface area contributed by atoms with Crippen molar-refractivity contribution >= 4 is 5.91 Å². The van der Waals surface area contributed by atoms with E-state index in [1.807, 2.05) is 0 Å². The summed E-state index contributed by atoms with van der Waals surface area (Å²) in [5, 5.41) is 6.23. The largest absolute Gasteiger partial charge is 0.496 e. The Hall–Kier alpha value is -1.62. The number of benzene rings is 1. The Bertz CT molecular complexity index is 465. The molecule has 2 unspecified atom stereocenters. The molecule has 0 bridgehead atoms. The van der Waals surface area contributed by atoms with Crippen LogP contribution in [0.15, 0.2) is 18.2 Å². The van der Waals surface area contributed by atoms with Gasteiger partial charge in [0.15, 0.2) is 0 Å². The molecule has 5 heteroatoms. The highest BCUT2D eigenvalue weighted by Crippen LogP contribution is 2.20. The maximum Gasteiger partial charge on any atom is 0.255 e. The summed E-state index contributed by atoms with van der Waals surface area (Å²) in [7, 11) is 1.47. The zero-order chi connectivity index (χ0) is 13.8. The standard InChI is InChI=1S/C14H19FN2O2/c1-9-8-16-6-5-12(9)17-14(18)11-7-10(15)3-4-13(11)19-2/h3-4,7,9,12,16H,5-6,8H2,1-2H3,(H,17,18). The molecule has 1 saturated heterocycles. The zero-order valence-electron chi connectivity index (χ0n) is 11.2. The highest BCUT2D eigenvalue weighted by molar-refractivity contribution is 5.97. The van der Waals surface area contributed by atoms with E-state index in [4.69, 9.17) is 4.74 Å². The third-order valence-corrected chi connectivity index (χ3v) is 3.51. The Labute approximate surface area is 112 Å². The van der Waals surface area contributed by atoms with Crippen molar-refractivity contribution in [3.05, 3.63) is 29.6 Å². The van der Waals surface area contributed by atoms with Gasteiger partial charge in [0.1, 0.15) is 11.6 Å². The highest BCUT2D eigenvalue weighted by atomic mass is 19.1. The van der Waals surface area contributed by atoms with Gasteiger partial charge in [-0.2, -0.15) is 0 Å².